The van der Waals surface area contributed by atoms with Gasteiger partial charge in [-0.15, -0.1) is 0 Å². The van der Waals surface area contributed by atoms with Crippen LogP contribution in [0, 0.1) is 12.8 Å². The summed E-state index contributed by atoms with van der Waals surface area (Å²) in [6, 6.07) is 11.3. The van der Waals surface area contributed by atoms with Gasteiger partial charge in [0, 0.05) is 11.5 Å². The molecule has 1 N–H and O–H groups in total. The molecule has 0 aliphatic heterocycles. The van der Waals surface area contributed by atoms with Crippen LogP contribution in [0.5, 0.6) is 5.75 Å². The summed E-state index contributed by atoms with van der Waals surface area (Å²) in [6.45, 7) is 2.02. The molecule has 0 fully saturated rings. The number of para-hydroxylation sites is 1. The SMILES string of the molecule is COc1cc2c(cc1C)CC(C(=O)Nc1ccccc1C=O)CC2. The average Bonchev–Trinajstić information content (AvgIpc) is 2.61. The summed E-state index contributed by atoms with van der Waals surface area (Å²) < 4.78 is 5.38. The Hall–Kier alpha value is -2.62. The predicted octanol–water partition coefficient (Wildman–Crippen LogP) is 3.56. The zero-order chi connectivity index (χ0) is 17.1. The second-order valence-electron chi connectivity index (χ2n) is 6.22. The number of carbonyl (C=O) groups is 2. The summed E-state index contributed by atoms with van der Waals surface area (Å²) in [5.74, 6) is 0.796. The van der Waals surface area contributed by atoms with Crippen molar-refractivity contribution < 1.29 is 14.3 Å². The Morgan fingerprint density at radius 3 is 2.79 bits per heavy atom. The molecule has 0 saturated heterocycles. The van der Waals surface area contributed by atoms with E-state index in [1.807, 2.05) is 13.0 Å². The Bertz CT molecular complexity index is 782. The Kier molecular flexibility index (Phi) is 4.65. The lowest BCUT2D eigenvalue weighted by atomic mass is 9.82. The van der Waals surface area contributed by atoms with Crippen LogP contribution in [-0.4, -0.2) is 19.3 Å². The van der Waals surface area contributed by atoms with Gasteiger partial charge >= 0.3 is 0 Å². The van der Waals surface area contributed by atoms with Crippen LogP contribution in [0.25, 0.3) is 0 Å². The van der Waals surface area contributed by atoms with Crippen LogP contribution in [0.4, 0.5) is 5.69 Å². The smallest absolute Gasteiger partial charge is 0.227 e. The van der Waals surface area contributed by atoms with Gasteiger partial charge in [0.05, 0.1) is 12.8 Å². The lowest BCUT2D eigenvalue weighted by Crippen LogP contribution is -2.28. The average molecular weight is 323 g/mol. The lowest BCUT2D eigenvalue weighted by molar-refractivity contribution is -0.120. The molecule has 124 valence electrons. The second-order valence-corrected chi connectivity index (χ2v) is 6.22. The summed E-state index contributed by atoms with van der Waals surface area (Å²) in [6.07, 6.45) is 3.14. The fraction of sp³-hybridized carbons (Fsp3) is 0.300. The number of ether oxygens (including phenoxy) is 1. The van der Waals surface area contributed by atoms with E-state index in [-0.39, 0.29) is 11.8 Å². The Balaban J connectivity index is 1.76. The summed E-state index contributed by atoms with van der Waals surface area (Å²) in [4.78, 5) is 23.7. The number of amides is 1. The Morgan fingerprint density at radius 2 is 2.04 bits per heavy atom. The molecule has 0 bridgehead atoms. The quantitative estimate of drug-likeness (QED) is 0.875. The normalized spacial score (nSPS) is 16.2. The molecular weight excluding hydrogens is 302 g/mol. The first kappa shape index (κ1) is 16.2. The Morgan fingerprint density at radius 1 is 1.25 bits per heavy atom. The second kappa shape index (κ2) is 6.87. The number of hydrogen-bond acceptors (Lipinski definition) is 3. The van der Waals surface area contributed by atoms with E-state index >= 15 is 0 Å². The summed E-state index contributed by atoms with van der Waals surface area (Å²) >= 11 is 0. The van der Waals surface area contributed by atoms with Gasteiger partial charge in [-0.25, -0.2) is 0 Å². The van der Waals surface area contributed by atoms with Crippen LogP contribution in [0.1, 0.15) is 33.5 Å². The molecule has 1 unspecified atom stereocenters. The molecule has 0 aromatic heterocycles. The third-order valence-electron chi connectivity index (χ3n) is 4.66. The maximum Gasteiger partial charge on any atom is 0.227 e. The number of carbonyl (C=O) groups excluding carboxylic acids is 2. The topological polar surface area (TPSA) is 55.4 Å². The minimum atomic E-state index is -0.0787. The number of anilines is 1. The maximum absolute atomic E-state index is 12.6. The highest BCUT2D eigenvalue weighted by molar-refractivity contribution is 5.97. The van der Waals surface area contributed by atoms with Gasteiger partial charge in [-0.1, -0.05) is 18.2 Å². The third kappa shape index (κ3) is 3.18. The molecule has 0 heterocycles. The fourth-order valence-corrected chi connectivity index (χ4v) is 3.30. The molecule has 24 heavy (non-hydrogen) atoms. The van der Waals surface area contributed by atoms with E-state index in [9.17, 15) is 9.59 Å². The predicted molar refractivity (Wildman–Crippen MR) is 93.7 cm³/mol. The maximum atomic E-state index is 12.6. The first-order valence-electron chi connectivity index (χ1n) is 8.14. The molecule has 1 atom stereocenters. The zero-order valence-electron chi connectivity index (χ0n) is 14.0. The van der Waals surface area contributed by atoms with Gasteiger partial charge in [0.1, 0.15) is 5.75 Å². The number of benzene rings is 2. The number of aryl methyl sites for hydroxylation is 2. The molecule has 3 rings (SSSR count). The van der Waals surface area contributed by atoms with E-state index in [1.165, 1.54) is 11.1 Å². The van der Waals surface area contributed by atoms with Gasteiger partial charge in [0.25, 0.3) is 0 Å². The first-order valence-corrected chi connectivity index (χ1v) is 8.14. The number of rotatable bonds is 4. The van der Waals surface area contributed by atoms with Crippen LogP contribution in [0.2, 0.25) is 0 Å². The van der Waals surface area contributed by atoms with Gasteiger partial charge in [-0.3, -0.25) is 9.59 Å². The number of fused-ring (bicyclic) bond motifs is 1. The zero-order valence-corrected chi connectivity index (χ0v) is 14.0. The van der Waals surface area contributed by atoms with Crippen molar-refractivity contribution in [2.24, 2.45) is 5.92 Å². The van der Waals surface area contributed by atoms with Gasteiger partial charge < -0.3 is 10.1 Å². The molecular formula is C20H21NO3. The van der Waals surface area contributed by atoms with E-state index in [2.05, 4.69) is 17.4 Å². The van der Waals surface area contributed by atoms with Crippen molar-refractivity contribution in [1.82, 2.24) is 0 Å². The standard InChI is InChI=1S/C20H21NO3/c1-13-9-17-10-15(8-7-14(17)11-19(13)24-2)20(23)21-18-6-4-3-5-16(18)12-22/h3-6,9,11-12,15H,7-8,10H2,1-2H3,(H,21,23). The molecule has 2 aromatic rings. The van der Waals surface area contributed by atoms with Crippen molar-refractivity contribution in [2.75, 3.05) is 12.4 Å². The summed E-state index contributed by atoms with van der Waals surface area (Å²) in [5.41, 5.74) is 4.64. The number of aldehydes is 1. The molecule has 0 radical (unpaired) electrons. The molecule has 0 saturated carbocycles. The fourth-order valence-electron chi connectivity index (χ4n) is 3.30. The largest absolute Gasteiger partial charge is 0.496 e. The van der Waals surface area contributed by atoms with Crippen LogP contribution in [-0.2, 0) is 17.6 Å². The third-order valence-corrected chi connectivity index (χ3v) is 4.66. The summed E-state index contributed by atoms with van der Waals surface area (Å²) in [7, 11) is 1.68. The van der Waals surface area contributed by atoms with E-state index in [4.69, 9.17) is 4.74 Å². The van der Waals surface area contributed by atoms with E-state index in [0.717, 1.165) is 36.9 Å². The number of methoxy groups -OCH3 is 1. The van der Waals surface area contributed by atoms with E-state index in [1.54, 1.807) is 25.3 Å². The molecule has 1 aliphatic rings. The van der Waals surface area contributed by atoms with Crippen LogP contribution < -0.4 is 10.1 Å². The molecule has 0 spiro atoms. The molecule has 4 heteroatoms. The highest BCUT2D eigenvalue weighted by atomic mass is 16.5. The van der Waals surface area contributed by atoms with Gasteiger partial charge in [0.2, 0.25) is 5.91 Å². The monoisotopic (exact) mass is 323 g/mol. The van der Waals surface area contributed by atoms with Gasteiger partial charge in [-0.05, 0) is 61.1 Å². The van der Waals surface area contributed by atoms with Crippen molar-refractivity contribution in [3.8, 4) is 5.75 Å². The van der Waals surface area contributed by atoms with Crippen molar-refractivity contribution in [3.63, 3.8) is 0 Å². The Labute approximate surface area is 141 Å². The van der Waals surface area contributed by atoms with E-state index < -0.39 is 0 Å². The van der Waals surface area contributed by atoms with Crippen molar-refractivity contribution in [2.45, 2.75) is 26.2 Å². The van der Waals surface area contributed by atoms with Crippen LogP contribution in [0.3, 0.4) is 0 Å². The number of hydrogen-bond donors (Lipinski definition) is 1. The van der Waals surface area contributed by atoms with Crippen LogP contribution in [0.15, 0.2) is 36.4 Å². The minimum absolute atomic E-state index is 0.0246. The van der Waals surface area contributed by atoms with Crippen molar-refractivity contribution in [3.05, 3.63) is 58.7 Å². The highest BCUT2D eigenvalue weighted by Gasteiger charge is 2.26. The first-order chi connectivity index (χ1) is 11.6. The minimum Gasteiger partial charge on any atom is -0.496 e. The summed E-state index contributed by atoms with van der Waals surface area (Å²) in [5, 5.41) is 2.90. The van der Waals surface area contributed by atoms with Crippen LogP contribution >= 0.6 is 0 Å². The van der Waals surface area contributed by atoms with E-state index in [0.29, 0.717) is 11.3 Å². The highest BCUT2D eigenvalue weighted by Crippen LogP contribution is 2.31. The van der Waals surface area contributed by atoms with Gasteiger partial charge in [0.15, 0.2) is 6.29 Å². The van der Waals surface area contributed by atoms with Crippen molar-refractivity contribution >= 4 is 17.9 Å². The number of nitrogens with one attached hydrogen (secondary N) is 1. The van der Waals surface area contributed by atoms with Crippen molar-refractivity contribution in [1.29, 1.82) is 0 Å². The molecule has 2 aromatic carbocycles. The molecule has 1 aliphatic carbocycles. The molecule has 4 nitrogen and oxygen atoms in total. The molecule has 1 amide bonds. The lowest BCUT2D eigenvalue weighted by Gasteiger charge is -2.25. The van der Waals surface area contributed by atoms with Gasteiger partial charge in [-0.2, -0.15) is 0 Å².